The number of pyridine rings is 1. The Bertz CT molecular complexity index is 751. The van der Waals surface area contributed by atoms with Crippen molar-refractivity contribution < 1.29 is 9.90 Å². The fourth-order valence-corrected chi connectivity index (χ4v) is 3.43. The first kappa shape index (κ1) is 19.3. The lowest BCUT2D eigenvalue weighted by Gasteiger charge is -2.29. The number of anilines is 1. The Labute approximate surface area is 160 Å². The number of aromatic nitrogens is 1. The summed E-state index contributed by atoms with van der Waals surface area (Å²) in [6.07, 6.45) is 5.24. The zero-order chi connectivity index (χ0) is 19.1. The average Bonchev–Trinajstić information content (AvgIpc) is 2.68. The van der Waals surface area contributed by atoms with Gasteiger partial charge in [0.1, 0.15) is 0 Å². The van der Waals surface area contributed by atoms with Crippen LogP contribution >= 0.6 is 0 Å². The minimum Gasteiger partial charge on any atom is -0.392 e. The lowest BCUT2D eigenvalue weighted by atomic mass is 10.1. The second-order valence-corrected chi connectivity index (χ2v) is 7.05. The Morgan fingerprint density at radius 3 is 3.00 bits per heavy atom. The van der Waals surface area contributed by atoms with Crippen LogP contribution in [0.1, 0.15) is 34.3 Å². The van der Waals surface area contributed by atoms with Gasteiger partial charge in [0.25, 0.3) is 5.91 Å². The number of carbonyl (C=O) groups is 1. The summed E-state index contributed by atoms with van der Waals surface area (Å²) in [6, 6.07) is 9.66. The number of β-amino-alcohol motifs (C(OH)–C–C–N with tert-alkyl or cyclic N) is 1. The number of nitrogens with one attached hydrogen (secondary N) is 2. The molecular formula is C21H28N4O2. The normalized spacial score (nSPS) is 17.5. The summed E-state index contributed by atoms with van der Waals surface area (Å²) in [4.78, 5) is 18.9. The van der Waals surface area contributed by atoms with Gasteiger partial charge in [-0.1, -0.05) is 12.1 Å². The number of benzene rings is 1. The fourth-order valence-electron chi connectivity index (χ4n) is 3.43. The molecule has 3 N–H and O–H groups in total. The lowest BCUT2D eigenvalue weighted by molar-refractivity contribution is 0.0703. The van der Waals surface area contributed by atoms with E-state index in [0.29, 0.717) is 25.2 Å². The zero-order valence-electron chi connectivity index (χ0n) is 15.8. The van der Waals surface area contributed by atoms with E-state index in [1.54, 1.807) is 6.20 Å². The predicted octanol–water partition coefficient (Wildman–Crippen LogP) is 2.19. The van der Waals surface area contributed by atoms with Crippen LogP contribution in [0.25, 0.3) is 0 Å². The van der Waals surface area contributed by atoms with Crippen LogP contribution in [0.5, 0.6) is 0 Å². The van der Waals surface area contributed by atoms with Crippen LogP contribution in [0, 0.1) is 6.92 Å². The van der Waals surface area contributed by atoms with Crippen LogP contribution in [0.2, 0.25) is 0 Å². The first-order valence-corrected chi connectivity index (χ1v) is 9.54. The fraction of sp³-hybridized carbons (Fsp3) is 0.429. The van der Waals surface area contributed by atoms with E-state index in [-0.39, 0.29) is 12.0 Å². The predicted molar refractivity (Wildman–Crippen MR) is 107 cm³/mol. The number of amides is 1. The van der Waals surface area contributed by atoms with E-state index in [9.17, 15) is 9.90 Å². The molecule has 1 aliphatic rings. The second-order valence-electron chi connectivity index (χ2n) is 7.05. The molecule has 27 heavy (non-hydrogen) atoms. The first-order chi connectivity index (χ1) is 13.1. The van der Waals surface area contributed by atoms with E-state index in [1.807, 2.05) is 43.5 Å². The van der Waals surface area contributed by atoms with E-state index in [1.165, 1.54) is 0 Å². The molecule has 1 amide bonds. The summed E-state index contributed by atoms with van der Waals surface area (Å²) in [6.45, 7) is 5.65. The highest BCUT2D eigenvalue weighted by atomic mass is 16.3. The number of aliphatic hydroxyl groups excluding tert-OH is 1. The van der Waals surface area contributed by atoms with Gasteiger partial charge in [0.2, 0.25) is 0 Å². The molecule has 0 saturated carbocycles. The molecule has 0 bridgehead atoms. The van der Waals surface area contributed by atoms with Crippen LogP contribution in [0.15, 0.2) is 42.7 Å². The van der Waals surface area contributed by atoms with Crippen LogP contribution in [-0.4, -0.2) is 53.2 Å². The smallest absolute Gasteiger partial charge is 0.251 e. The quantitative estimate of drug-likeness (QED) is 0.698. The molecule has 6 nitrogen and oxygen atoms in total. The molecule has 1 aromatic carbocycles. The minimum absolute atomic E-state index is 0.0601. The molecule has 0 radical (unpaired) electrons. The average molecular weight is 368 g/mol. The van der Waals surface area contributed by atoms with E-state index in [4.69, 9.17) is 0 Å². The second kappa shape index (κ2) is 9.48. The number of hydrogen-bond acceptors (Lipinski definition) is 5. The Hall–Kier alpha value is -2.44. The Kier molecular flexibility index (Phi) is 6.79. The molecule has 2 heterocycles. The maximum Gasteiger partial charge on any atom is 0.251 e. The lowest BCUT2D eigenvalue weighted by Crippen LogP contribution is -2.42. The van der Waals surface area contributed by atoms with Crippen LogP contribution in [0.4, 0.5) is 5.69 Å². The summed E-state index contributed by atoms with van der Waals surface area (Å²) in [5.41, 5.74) is 3.67. The number of rotatable bonds is 7. The van der Waals surface area contributed by atoms with Crippen molar-refractivity contribution in [3.05, 3.63) is 59.4 Å². The molecule has 1 unspecified atom stereocenters. The third kappa shape index (κ3) is 5.52. The summed E-state index contributed by atoms with van der Waals surface area (Å²) in [7, 11) is 0. The van der Waals surface area contributed by atoms with Crippen LogP contribution in [-0.2, 0) is 6.54 Å². The highest BCUT2D eigenvalue weighted by molar-refractivity contribution is 5.97. The van der Waals surface area contributed by atoms with Gasteiger partial charge in [0.15, 0.2) is 0 Å². The zero-order valence-corrected chi connectivity index (χ0v) is 15.8. The summed E-state index contributed by atoms with van der Waals surface area (Å²) in [5, 5.41) is 16.1. The number of nitrogens with zero attached hydrogens (tertiary/aromatic N) is 2. The maximum atomic E-state index is 12.6. The van der Waals surface area contributed by atoms with Crippen molar-refractivity contribution in [2.75, 3.05) is 31.5 Å². The molecule has 1 aliphatic heterocycles. The van der Waals surface area contributed by atoms with Gasteiger partial charge in [-0.05, 0) is 55.6 Å². The molecular weight excluding hydrogens is 340 g/mol. The summed E-state index contributed by atoms with van der Waals surface area (Å²) in [5.74, 6) is -0.0601. The topological polar surface area (TPSA) is 77.5 Å². The van der Waals surface area contributed by atoms with Crippen molar-refractivity contribution in [2.24, 2.45) is 0 Å². The van der Waals surface area contributed by atoms with Crippen LogP contribution in [0.3, 0.4) is 0 Å². The number of piperidine rings is 1. The van der Waals surface area contributed by atoms with Gasteiger partial charge in [0.05, 0.1) is 6.10 Å². The standard InChI is InChI=1S/C21H28N4O2/c1-16-19(21(27)23-10-12-25-11-4-6-18(26)15-25)7-2-8-20(16)24-14-17-5-3-9-22-13-17/h2-3,5,7-9,13,18,24,26H,4,6,10-12,14-15H2,1H3,(H,23,27). The van der Waals surface area contributed by atoms with Gasteiger partial charge in [-0.2, -0.15) is 0 Å². The van der Waals surface area contributed by atoms with Gasteiger partial charge in [-0.25, -0.2) is 0 Å². The Morgan fingerprint density at radius 2 is 2.22 bits per heavy atom. The number of carbonyl (C=O) groups excluding carboxylic acids is 1. The van der Waals surface area contributed by atoms with Crippen molar-refractivity contribution in [3.8, 4) is 0 Å². The van der Waals surface area contributed by atoms with Gasteiger partial charge in [-0.15, -0.1) is 0 Å². The Morgan fingerprint density at radius 1 is 1.33 bits per heavy atom. The SMILES string of the molecule is Cc1c(NCc2cccnc2)cccc1C(=O)NCCN1CCCC(O)C1. The number of likely N-dealkylation sites (tertiary alicyclic amines) is 1. The van der Waals surface area contributed by atoms with Crippen LogP contribution < -0.4 is 10.6 Å². The van der Waals surface area contributed by atoms with Gasteiger partial charge >= 0.3 is 0 Å². The largest absolute Gasteiger partial charge is 0.392 e. The maximum absolute atomic E-state index is 12.6. The van der Waals surface area contributed by atoms with Gasteiger partial charge < -0.3 is 15.7 Å². The monoisotopic (exact) mass is 368 g/mol. The molecule has 1 atom stereocenters. The molecule has 1 fully saturated rings. The van der Waals surface area contributed by atoms with Crippen molar-refractivity contribution >= 4 is 11.6 Å². The number of aliphatic hydroxyl groups is 1. The van der Waals surface area contributed by atoms with Crippen molar-refractivity contribution in [1.29, 1.82) is 0 Å². The summed E-state index contributed by atoms with van der Waals surface area (Å²) < 4.78 is 0. The van der Waals surface area contributed by atoms with Crippen molar-refractivity contribution in [2.45, 2.75) is 32.4 Å². The van der Waals surface area contributed by atoms with E-state index >= 15 is 0 Å². The third-order valence-corrected chi connectivity index (χ3v) is 4.98. The molecule has 1 saturated heterocycles. The van der Waals surface area contributed by atoms with Crippen molar-refractivity contribution in [3.63, 3.8) is 0 Å². The molecule has 0 aliphatic carbocycles. The van der Waals surface area contributed by atoms with Crippen molar-refractivity contribution in [1.82, 2.24) is 15.2 Å². The molecule has 3 rings (SSSR count). The minimum atomic E-state index is -0.237. The molecule has 6 heteroatoms. The molecule has 0 spiro atoms. The highest BCUT2D eigenvalue weighted by Gasteiger charge is 2.17. The summed E-state index contributed by atoms with van der Waals surface area (Å²) >= 11 is 0. The van der Waals surface area contributed by atoms with E-state index in [2.05, 4.69) is 20.5 Å². The van der Waals surface area contributed by atoms with Gasteiger partial charge in [0, 0.05) is 49.8 Å². The number of hydrogen-bond donors (Lipinski definition) is 3. The van der Waals surface area contributed by atoms with Gasteiger partial charge in [-0.3, -0.25) is 14.7 Å². The molecule has 2 aromatic rings. The first-order valence-electron chi connectivity index (χ1n) is 9.54. The van der Waals surface area contributed by atoms with E-state index in [0.717, 1.165) is 42.7 Å². The highest BCUT2D eigenvalue weighted by Crippen LogP contribution is 2.19. The molecule has 144 valence electrons. The molecule has 1 aromatic heterocycles. The van der Waals surface area contributed by atoms with E-state index < -0.39 is 0 Å². The Balaban J connectivity index is 1.53. The third-order valence-electron chi connectivity index (χ3n) is 4.98.